The average molecular weight is 371 g/mol. The van der Waals surface area contributed by atoms with Crippen LogP contribution in [0.3, 0.4) is 0 Å². The zero-order chi connectivity index (χ0) is 18.5. The number of ether oxygens (including phenoxy) is 2. The number of nitrogens with one attached hydrogen (secondary N) is 1. The van der Waals surface area contributed by atoms with E-state index in [1.54, 1.807) is 32.4 Å². The average Bonchev–Trinajstić information content (AvgIpc) is 3.00. The molecule has 1 aliphatic heterocycles. The van der Waals surface area contributed by atoms with Crippen molar-refractivity contribution < 1.29 is 14.3 Å². The first-order valence-electron chi connectivity index (χ1n) is 8.16. The van der Waals surface area contributed by atoms with Crippen LogP contribution < -0.4 is 14.8 Å². The number of carbonyl (C=O) groups is 1. The number of rotatable bonds is 6. The number of aryl methyl sites for hydroxylation is 1. The highest BCUT2D eigenvalue weighted by atomic mass is 35.5. The van der Waals surface area contributed by atoms with Gasteiger partial charge in [-0.05, 0) is 47.9 Å². The van der Waals surface area contributed by atoms with E-state index in [9.17, 15) is 4.79 Å². The van der Waals surface area contributed by atoms with Gasteiger partial charge in [0.05, 0.1) is 19.2 Å². The number of amides is 1. The Bertz CT molecular complexity index is 873. The normalized spacial score (nSPS) is 15.0. The molecule has 1 heterocycles. The molecule has 5 nitrogen and oxygen atoms in total. The van der Waals surface area contributed by atoms with Crippen molar-refractivity contribution in [3.05, 3.63) is 64.3 Å². The SMILES string of the molecule is COc1ccc(CCC2=N/C(=C/c3ccc(OC)c(Cl)c3)C(=O)N2)cc1. The van der Waals surface area contributed by atoms with E-state index in [1.807, 2.05) is 30.3 Å². The molecule has 134 valence electrons. The lowest BCUT2D eigenvalue weighted by atomic mass is 10.1. The first kappa shape index (κ1) is 18.0. The van der Waals surface area contributed by atoms with Gasteiger partial charge in [-0.1, -0.05) is 29.8 Å². The molecule has 0 spiro atoms. The minimum absolute atomic E-state index is 0.207. The maximum absolute atomic E-state index is 12.1. The van der Waals surface area contributed by atoms with E-state index in [4.69, 9.17) is 21.1 Å². The highest BCUT2D eigenvalue weighted by molar-refractivity contribution is 6.32. The Balaban J connectivity index is 1.68. The highest BCUT2D eigenvalue weighted by Gasteiger charge is 2.19. The molecule has 1 aliphatic rings. The molecule has 0 aliphatic carbocycles. The first-order valence-corrected chi connectivity index (χ1v) is 8.54. The van der Waals surface area contributed by atoms with Crippen LogP contribution in [0, 0.1) is 0 Å². The van der Waals surface area contributed by atoms with Gasteiger partial charge in [-0.3, -0.25) is 4.79 Å². The summed E-state index contributed by atoms with van der Waals surface area (Å²) in [4.78, 5) is 16.5. The quantitative estimate of drug-likeness (QED) is 0.785. The number of hydrogen-bond donors (Lipinski definition) is 1. The van der Waals surface area contributed by atoms with Gasteiger partial charge in [0.2, 0.25) is 0 Å². The first-order chi connectivity index (χ1) is 12.6. The van der Waals surface area contributed by atoms with Crippen LogP contribution in [-0.2, 0) is 11.2 Å². The molecule has 0 fully saturated rings. The van der Waals surface area contributed by atoms with Gasteiger partial charge in [0.15, 0.2) is 0 Å². The van der Waals surface area contributed by atoms with Gasteiger partial charge in [0, 0.05) is 6.42 Å². The van der Waals surface area contributed by atoms with Crippen molar-refractivity contribution in [2.24, 2.45) is 4.99 Å². The lowest BCUT2D eigenvalue weighted by Gasteiger charge is -2.03. The highest BCUT2D eigenvalue weighted by Crippen LogP contribution is 2.26. The summed E-state index contributed by atoms with van der Waals surface area (Å²) in [6.45, 7) is 0. The molecular weight excluding hydrogens is 352 g/mol. The predicted octanol–water partition coefficient (Wildman–Crippen LogP) is 3.86. The van der Waals surface area contributed by atoms with Gasteiger partial charge in [-0.15, -0.1) is 0 Å². The number of nitrogens with zero attached hydrogens (tertiary/aromatic N) is 1. The van der Waals surface area contributed by atoms with Gasteiger partial charge >= 0.3 is 0 Å². The Morgan fingerprint density at radius 2 is 1.85 bits per heavy atom. The smallest absolute Gasteiger partial charge is 0.275 e. The molecule has 6 heteroatoms. The third-order valence-corrected chi connectivity index (χ3v) is 4.33. The molecule has 1 N–H and O–H groups in total. The van der Waals surface area contributed by atoms with Crippen molar-refractivity contribution in [3.63, 3.8) is 0 Å². The minimum Gasteiger partial charge on any atom is -0.497 e. The lowest BCUT2D eigenvalue weighted by molar-refractivity contribution is -0.115. The van der Waals surface area contributed by atoms with Crippen LogP contribution in [-0.4, -0.2) is 26.0 Å². The summed E-state index contributed by atoms with van der Waals surface area (Å²) in [6.07, 6.45) is 3.14. The number of halogens is 1. The molecule has 2 aromatic rings. The van der Waals surface area contributed by atoms with Gasteiger partial charge in [-0.25, -0.2) is 4.99 Å². The summed E-state index contributed by atoms with van der Waals surface area (Å²) < 4.78 is 10.3. The van der Waals surface area contributed by atoms with Crippen molar-refractivity contribution in [3.8, 4) is 11.5 Å². The molecule has 0 bridgehead atoms. The molecule has 0 saturated heterocycles. The predicted molar refractivity (Wildman–Crippen MR) is 103 cm³/mol. The second-order valence-electron chi connectivity index (χ2n) is 5.78. The van der Waals surface area contributed by atoms with E-state index < -0.39 is 0 Å². The Morgan fingerprint density at radius 1 is 1.08 bits per heavy atom. The Morgan fingerprint density at radius 3 is 2.50 bits per heavy atom. The zero-order valence-electron chi connectivity index (χ0n) is 14.6. The summed E-state index contributed by atoms with van der Waals surface area (Å²) in [5.74, 6) is 1.87. The van der Waals surface area contributed by atoms with Crippen LogP contribution in [0.1, 0.15) is 17.5 Å². The second-order valence-corrected chi connectivity index (χ2v) is 6.19. The van der Waals surface area contributed by atoms with Gasteiger partial charge in [0.25, 0.3) is 5.91 Å². The molecule has 0 radical (unpaired) electrons. The van der Waals surface area contributed by atoms with Crippen molar-refractivity contribution in [1.82, 2.24) is 5.32 Å². The summed E-state index contributed by atoms with van der Waals surface area (Å²) in [5, 5.41) is 3.30. The topological polar surface area (TPSA) is 59.9 Å². The van der Waals surface area contributed by atoms with Crippen molar-refractivity contribution in [2.75, 3.05) is 14.2 Å². The van der Waals surface area contributed by atoms with Crippen molar-refractivity contribution >= 4 is 29.4 Å². The van der Waals surface area contributed by atoms with E-state index in [0.717, 1.165) is 23.3 Å². The van der Waals surface area contributed by atoms with Crippen molar-refractivity contribution in [1.29, 1.82) is 0 Å². The van der Waals surface area contributed by atoms with Crippen LogP contribution in [0.15, 0.2) is 53.2 Å². The zero-order valence-corrected chi connectivity index (χ0v) is 15.3. The molecule has 0 saturated carbocycles. The largest absolute Gasteiger partial charge is 0.497 e. The molecule has 0 unspecified atom stereocenters. The fraction of sp³-hybridized carbons (Fsp3) is 0.200. The fourth-order valence-electron chi connectivity index (χ4n) is 2.62. The summed E-state index contributed by atoms with van der Waals surface area (Å²) in [5.41, 5.74) is 2.32. The molecule has 26 heavy (non-hydrogen) atoms. The Hall–Kier alpha value is -2.79. The number of hydrogen-bond acceptors (Lipinski definition) is 4. The number of amidine groups is 1. The summed E-state index contributed by atoms with van der Waals surface area (Å²) in [7, 11) is 3.20. The molecule has 1 amide bonds. The molecule has 3 rings (SSSR count). The van der Waals surface area contributed by atoms with Crippen molar-refractivity contribution in [2.45, 2.75) is 12.8 Å². The van der Waals surface area contributed by atoms with Crippen LogP contribution in [0.4, 0.5) is 0 Å². The molecule has 2 aromatic carbocycles. The van der Waals surface area contributed by atoms with Gasteiger partial charge < -0.3 is 14.8 Å². The van der Waals surface area contributed by atoms with Crippen LogP contribution in [0.2, 0.25) is 5.02 Å². The van der Waals surface area contributed by atoms with Gasteiger partial charge in [-0.2, -0.15) is 0 Å². The monoisotopic (exact) mass is 370 g/mol. The van der Waals surface area contributed by atoms with Crippen LogP contribution >= 0.6 is 11.6 Å². The minimum atomic E-state index is -0.207. The fourth-order valence-corrected chi connectivity index (χ4v) is 2.89. The molecule has 0 atom stereocenters. The number of aliphatic imine (C=N–C) groups is 1. The third kappa shape index (κ3) is 4.24. The summed E-state index contributed by atoms with van der Waals surface area (Å²) in [6, 6.07) is 13.2. The maximum atomic E-state index is 12.1. The Labute approximate surface area is 157 Å². The molecule has 0 aromatic heterocycles. The van der Waals surface area contributed by atoms with E-state index in [0.29, 0.717) is 28.7 Å². The van der Waals surface area contributed by atoms with Gasteiger partial charge in [0.1, 0.15) is 23.0 Å². The second kappa shape index (κ2) is 8.06. The van der Waals surface area contributed by atoms with E-state index in [-0.39, 0.29) is 5.91 Å². The molecular formula is C20H19ClN2O3. The number of benzene rings is 2. The van der Waals surface area contributed by atoms with E-state index in [1.165, 1.54) is 0 Å². The number of carbonyl (C=O) groups excluding carboxylic acids is 1. The van der Waals surface area contributed by atoms with Crippen LogP contribution in [0.25, 0.3) is 6.08 Å². The van der Waals surface area contributed by atoms with E-state index in [2.05, 4.69) is 10.3 Å². The third-order valence-electron chi connectivity index (χ3n) is 4.03. The van der Waals surface area contributed by atoms with E-state index >= 15 is 0 Å². The van der Waals surface area contributed by atoms with Crippen LogP contribution in [0.5, 0.6) is 11.5 Å². The number of methoxy groups -OCH3 is 2. The maximum Gasteiger partial charge on any atom is 0.275 e. The summed E-state index contributed by atoms with van der Waals surface area (Å²) >= 11 is 6.12. The lowest BCUT2D eigenvalue weighted by Crippen LogP contribution is -2.24. The standard InChI is InChI=1S/C20H19ClN2O3/c1-25-15-7-3-13(4-8-15)6-10-19-22-17(20(24)23-19)12-14-5-9-18(26-2)16(21)11-14/h3-5,7-9,11-12H,6,10H2,1-2H3,(H,22,23,24)/b17-12+. The Kier molecular flexibility index (Phi) is 5.58.